The highest BCUT2D eigenvalue weighted by atomic mass is 16.1. The number of rotatable bonds is 1. The summed E-state index contributed by atoms with van der Waals surface area (Å²) in [7, 11) is 0. The Kier molecular flexibility index (Phi) is 2.94. The molecular weight excluding hydrogens is 226 g/mol. The maximum Gasteiger partial charge on any atom is 0.146 e. The van der Waals surface area contributed by atoms with Crippen LogP contribution in [0, 0.1) is 0 Å². The van der Waals surface area contributed by atoms with Crippen LogP contribution in [0.1, 0.15) is 39.0 Å². The molecule has 96 valence electrons. The largest absolute Gasteiger partial charge is 0.350 e. The predicted octanol–water partition coefficient (Wildman–Crippen LogP) is 1.95. The minimum absolute atomic E-state index is 0.148. The number of fused-ring (bicyclic) bond motifs is 1. The Morgan fingerprint density at radius 2 is 2.17 bits per heavy atom. The van der Waals surface area contributed by atoms with E-state index in [1.807, 2.05) is 6.92 Å². The zero-order chi connectivity index (χ0) is 12.5. The van der Waals surface area contributed by atoms with Crippen molar-refractivity contribution in [2.75, 3.05) is 0 Å². The molecule has 1 unspecified atom stereocenters. The summed E-state index contributed by atoms with van der Waals surface area (Å²) < 4.78 is 0. The molecule has 1 atom stereocenters. The van der Waals surface area contributed by atoms with Crippen molar-refractivity contribution >= 4 is 11.6 Å². The molecular formula is C14H19N3O. The molecule has 0 saturated heterocycles. The van der Waals surface area contributed by atoms with Crippen LogP contribution >= 0.6 is 0 Å². The lowest BCUT2D eigenvalue weighted by atomic mass is 9.91. The van der Waals surface area contributed by atoms with E-state index in [-0.39, 0.29) is 6.17 Å². The average Bonchev–Trinajstić information content (AvgIpc) is 2.39. The van der Waals surface area contributed by atoms with Gasteiger partial charge in [-0.25, -0.2) is 4.99 Å². The van der Waals surface area contributed by atoms with Gasteiger partial charge in [0.1, 0.15) is 17.8 Å². The lowest BCUT2D eigenvalue weighted by Gasteiger charge is -2.41. The lowest BCUT2D eigenvalue weighted by molar-refractivity contribution is -0.121. The molecule has 2 aliphatic heterocycles. The van der Waals surface area contributed by atoms with Gasteiger partial charge in [0.15, 0.2) is 0 Å². The van der Waals surface area contributed by atoms with Gasteiger partial charge in [-0.3, -0.25) is 4.79 Å². The fraction of sp³-hybridized carbons (Fsp3) is 0.571. The zero-order valence-corrected chi connectivity index (χ0v) is 10.7. The van der Waals surface area contributed by atoms with Gasteiger partial charge >= 0.3 is 0 Å². The summed E-state index contributed by atoms with van der Waals surface area (Å²) in [5.41, 5.74) is 1.32. The first-order chi connectivity index (χ1) is 8.74. The molecule has 3 aliphatic rings. The van der Waals surface area contributed by atoms with Crippen LogP contribution in [0.4, 0.5) is 0 Å². The van der Waals surface area contributed by atoms with Crippen molar-refractivity contribution in [3.8, 4) is 0 Å². The van der Waals surface area contributed by atoms with E-state index < -0.39 is 0 Å². The molecule has 0 bridgehead atoms. The Morgan fingerprint density at radius 3 is 2.94 bits per heavy atom. The van der Waals surface area contributed by atoms with Gasteiger partial charge in [0, 0.05) is 25.1 Å². The topological polar surface area (TPSA) is 44.7 Å². The van der Waals surface area contributed by atoms with E-state index in [1.54, 1.807) is 0 Å². The first-order valence-corrected chi connectivity index (χ1v) is 6.70. The molecule has 1 fully saturated rings. The molecule has 18 heavy (non-hydrogen) atoms. The molecule has 1 aliphatic carbocycles. The van der Waals surface area contributed by atoms with Gasteiger partial charge in [0.05, 0.1) is 0 Å². The number of Topliss-reactive ketones (excluding diaryl/α,β-unsaturated/α-hetero) is 1. The summed E-state index contributed by atoms with van der Waals surface area (Å²) in [5.74, 6) is 1.38. The van der Waals surface area contributed by atoms with E-state index in [9.17, 15) is 4.79 Å². The molecule has 0 aromatic heterocycles. The Morgan fingerprint density at radius 1 is 1.39 bits per heavy atom. The number of carbonyl (C=O) groups is 1. The standard InChI is InChI=1S/C14H19N3O/c1-10-15-9-11-3-2-8-17(14(11)16-10)12-4-6-13(18)7-5-12/h2,8-9,12,14H,3-7H2,1H3,(H,15,16). The van der Waals surface area contributed by atoms with E-state index in [0.717, 1.165) is 37.9 Å². The molecule has 0 aromatic rings. The van der Waals surface area contributed by atoms with Crippen molar-refractivity contribution in [3.63, 3.8) is 0 Å². The van der Waals surface area contributed by atoms with E-state index in [0.29, 0.717) is 11.8 Å². The van der Waals surface area contributed by atoms with Crippen molar-refractivity contribution in [1.82, 2.24) is 10.2 Å². The van der Waals surface area contributed by atoms with Crippen molar-refractivity contribution in [2.45, 2.75) is 51.2 Å². The molecule has 0 aromatic carbocycles. The van der Waals surface area contributed by atoms with Crippen LogP contribution < -0.4 is 5.32 Å². The number of nitrogens with zero attached hydrogens (tertiary/aromatic N) is 2. The Balaban J connectivity index is 1.80. The van der Waals surface area contributed by atoms with Crippen molar-refractivity contribution in [3.05, 3.63) is 24.0 Å². The van der Waals surface area contributed by atoms with Crippen LogP contribution in [0.3, 0.4) is 0 Å². The minimum atomic E-state index is 0.148. The smallest absolute Gasteiger partial charge is 0.146 e. The Bertz CT molecular complexity index is 440. The number of allylic oxidation sites excluding steroid dienone is 1. The second-order valence-electron chi connectivity index (χ2n) is 5.26. The molecule has 0 amide bonds. The van der Waals surface area contributed by atoms with Crippen LogP contribution in [0.25, 0.3) is 0 Å². The maximum atomic E-state index is 11.3. The first kappa shape index (κ1) is 11.5. The summed E-state index contributed by atoms with van der Waals surface area (Å²) in [4.78, 5) is 18.4. The molecule has 2 heterocycles. The molecule has 0 spiro atoms. The zero-order valence-electron chi connectivity index (χ0n) is 10.7. The van der Waals surface area contributed by atoms with Gasteiger partial charge in [-0.15, -0.1) is 0 Å². The molecule has 3 rings (SSSR count). The summed E-state index contributed by atoms with van der Waals surface area (Å²) in [5, 5.41) is 3.18. The molecule has 0 radical (unpaired) electrons. The SMILES string of the molecule is CC1=NC2C(=CN1)CC=CN2C1CCC(=O)CC1. The monoisotopic (exact) mass is 245 g/mol. The third-order valence-corrected chi connectivity index (χ3v) is 3.96. The molecule has 1 N–H and O–H groups in total. The van der Waals surface area contributed by atoms with Crippen molar-refractivity contribution in [2.24, 2.45) is 4.99 Å². The van der Waals surface area contributed by atoms with Crippen LogP contribution in [-0.4, -0.2) is 28.7 Å². The highest BCUT2D eigenvalue weighted by molar-refractivity contribution is 5.82. The van der Waals surface area contributed by atoms with Crippen LogP contribution in [0.5, 0.6) is 0 Å². The van der Waals surface area contributed by atoms with Crippen LogP contribution in [0.2, 0.25) is 0 Å². The molecule has 4 heteroatoms. The third-order valence-electron chi connectivity index (χ3n) is 3.96. The first-order valence-electron chi connectivity index (χ1n) is 6.70. The van der Waals surface area contributed by atoms with Gasteiger partial charge in [-0.05, 0) is 38.0 Å². The molecule has 1 saturated carbocycles. The number of carbonyl (C=O) groups excluding carboxylic acids is 1. The minimum Gasteiger partial charge on any atom is -0.350 e. The summed E-state index contributed by atoms with van der Waals surface area (Å²) in [6, 6.07) is 0.460. The highest BCUT2D eigenvalue weighted by Gasteiger charge is 2.31. The molecule has 4 nitrogen and oxygen atoms in total. The fourth-order valence-corrected chi connectivity index (χ4v) is 2.93. The van der Waals surface area contributed by atoms with Gasteiger partial charge < -0.3 is 10.2 Å². The van der Waals surface area contributed by atoms with Gasteiger partial charge in [-0.2, -0.15) is 0 Å². The number of aliphatic imine (C=N–C) groups is 1. The number of hydrogen-bond acceptors (Lipinski definition) is 4. The third kappa shape index (κ3) is 2.07. The summed E-state index contributed by atoms with van der Waals surface area (Å²) in [6.07, 6.45) is 10.9. The second kappa shape index (κ2) is 4.59. The highest BCUT2D eigenvalue weighted by Crippen LogP contribution is 2.30. The summed E-state index contributed by atoms with van der Waals surface area (Å²) >= 11 is 0. The maximum absolute atomic E-state index is 11.3. The van der Waals surface area contributed by atoms with E-state index in [4.69, 9.17) is 4.99 Å². The van der Waals surface area contributed by atoms with E-state index in [2.05, 4.69) is 28.7 Å². The van der Waals surface area contributed by atoms with Gasteiger partial charge in [0.2, 0.25) is 0 Å². The van der Waals surface area contributed by atoms with Gasteiger partial charge in [0.25, 0.3) is 0 Å². The van der Waals surface area contributed by atoms with E-state index >= 15 is 0 Å². The quantitative estimate of drug-likeness (QED) is 0.768. The van der Waals surface area contributed by atoms with Crippen molar-refractivity contribution in [1.29, 1.82) is 0 Å². The number of nitrogens with one attached hydrogen (secondary N) is 1. The normalized spacial score (nSPS) is 28.4. The predicted molar refractivity (Wildman–Crippen MR) is 71.0 cm³/mol. The Hall–Kier alpha value is -1.58. The second-order valence-corrected chi connectivity index (χ2v) is 5.26. The lowest BCUT2D eigenvalue weighted by Crippen LogP contribution is -2.45. The summed E-state index contributed by atoms with van der Waals surface area (Å²) in [6.45, 7) is 1.99. The number of amidine groups is 1. The number of ketones is 1. The van der Waals surface area contributed by atoms with E-state index in [1.165, 1.54) is 5.57 Å². The van der Waals surface area contributed by atoms with Crippen LogP contribution in [-0.2, 0) is 4.79 Å². The van der Waals surface area contributed by atoms with Crippen molar-refractivity contribution < 1.29 is 4.79 Å². The Labute approximate surface area is 107 Å². The van der Waals surface area contributed by atoms with Crippen LogP contribution in [0.15, 0.2) is 29.0 Å². The fourth-order valence-electron chi connectivity index (χ4n) is 2.93. The average molecular weight is 245 g/mol. The number of hydrogen-bond donors (Lipinski definition) is 1. The van der Waals surface area contributed by atoms with Gasteiger partial charge in [-0.1, -0.05) is 6.08 Å².